The quantitative estimate of drug-likeness (QED) is 0.746. The topological polar surface area (TPSA) is 55.1 Å². The fourth-order valence-electron chi connectivity index (χ4n) is 2.07. The van der Waals surface area contributed by atoms with E-state index in [0.717, 1.165) is 21.1 Å². The third kappa shape index (κ3) is 2.83. The van der Waals surface area contributed by atoms with E-state index in [1.165, 1.54) is 0 Å². The summed E-state index contributed by atoms with van der Waals surface area (Å²) in [5.41, 5.74) is 2.64. The van der Waals surface area contributed by atoms with E-state index in [1.807, 2.05) is 38.1 Å². The van der Waals surface area contributed by atoms with Crippen molar-refractivity contribution in [3.8, 4) is 0 Å². The van der Waals surface area contributed by atoms with Gasteiger partial charge in [-0.25, -0.2) is 4.98 Å². The molecule has 5 heteroatoms. The van der Waals surface area contributed by atoms with Crippen molar-refractivity contribution in [3.05, 3.63) is 57.9 Å². The molecule has 0 unspecified atom stereocenters. The maximum atomic E-state index is 12.2. The minimum atomic E-state index is -0.307. The molecule has 0 atom stereocenters. The Bertz CT molecular complexity index is 839. The molecular formula is C16H13BrN2O2. The van der Waals surface area contributed by atoms with Crippen LogP contribution in [-0.4, -0.2) is 10.9 Å². The molecule has 4 nitrogen and oxygen atoms in total. The molecular weight excluding hydrogens is 332 g/mol. The number of fused-ring (bicyclic) bond motifs is 1. The first-order valence-electron chi connectivity index (χ1n) is 6.47. The molecule has 2 aromatic heterocycles. The zero-order valence-corrected chi connectivity index (χ0v) is 13.2. The lowest BCUT2D eigenvalue weighted by atomic mass is 10.2. The minimum Gasteiger partial charge on any atom is -0.451 e. The van der Waals surface area contributed by atoms with Crippen LogP contribution in [0.2, 0.25) is 0 Å². The van der Waals surface area contributed by atoms with Crippen LogP contribution in [0, 0.1) is 13.8 Å². The van der Waals surface area contributed by atoms with Gasteiger partial charge in [-0.15, -0.1) is 0 Å². The molecule has 0 saturated heterocycles. The highest BCUT2D eigenvalue weighted by Gasteiger charge is 2.13. The number of hydrogen-bond donors (Lipinski definition) is 1. The number of carbonyl (C=O) groups is 1. The molecule has 1 amide bonds. The number of halogens is 1. The number of pyridine rings is 1. The molecule has 0 spiro atoms. The molecule has 21 heavy (non-hydrogen) atoms. The maximum Gasteiger partial charge on any atom is 0.292 e. The maximum absolute atomic E-state index is 12.2. The molecule has 0 aliphatic rings. The fourth-order valence-corrected chi connectivity index (χ4v) is 2.29. The van der Waals surface area contributed by atoms with E-state index < -0.39 is 0 Å². The largest absolute Gasteiger partial charge is 0.451 e. The molecule has 2 heterocycles. The lowest BCUT2D eigenvalue weighted by molar-refractivity contribution is 0.0998. The van der Waals surface area contributed by atoms with Gasteiger partial charge in [-0.1, -0.05) is 11.6 Å². The standard InChI is InChI=1S/C16H13BrN2O2/c1-9-3-5-13-11(7-9)8-14(21-13)16(20)19-15-6-4-12(17)10(2)18-15/h3-8H,1-2H3,(H,18,19,20). The molecule has 0 aliphatic carbocycles. The zero-order chi connectivity index (χ0) is 15.0. The van der Waals surface area contributed by atoms with Crippen molar-refractivity contribution in [3.63, 3.8) is 0 Å². The van der Waals surface area contributed by atoms with Gasteiger partial charge < -0.3 is 9.73 Å². The van der Waals surface area contributed by atoms with Crippen molar-refractivity contribution in [2.24, 2.45) is 0 Å². The lowest BCUT2D eigenvalue weighted by Gasteiger charge is -2.04. The normalized spacial score (nSPS) is 10.8. The van der Waals surface area contributed by atoms with E-state index in [0.29, 0.717) is 11.4 Å². The van der Waals surface area contributed by atoms with Crippen LogP contribution in [0.1, 0.15) is 21.8 Å². The van der Waals surface area contributed by atoms with Crippen LogP contribution in [0.4, 0.5) is 5.82 Å². The molecule has 106 valence electrons. The second-order valence-corrected chi connectivity index (χ2v) is 5.72. The Morgan fingerprint density at radius 2 is 2.00 bits per heavy atom. The Balaban J connectivity index is 1.87. The lowest BCUT2D eigenvalue weighted by Crippen LogP contribution is -2.12. The van der Waals surface area contributed by atoms with Gasteiger partial charge in [-0.2, -0.15) is 0 Å². The first kappa shape index (κ1) is 13.8. The molecule has 0 aliphatic heterocycles. The van der Waals surface area contributed by atoms with E-state index in [9.17, 15) is 4.79 Å². The first-order valence-corrected chi connectivity index (χ1v) is 7.27. The van der Waals surface area contributed by atoms with Gasteiger partial charge in [0.15, 0.2) is 5.76 Å². The Hall–Kier alpha value is -2.14. The highest BCUT2D eigenvalue weighted by atomic mass is 79.9. The predicted molar refractivity (Wildman–Crippen MR) is 85.6 cm³/mol. The van der Waals surface area contributed by atoms with Crippen molar-refractivity contribution in [1.82, 2.24) is 4.98 Å². The molecule has 0 bridgehead atoms. The summed E-state index contributed by atoms with van der Waals surface area (Å²) in [6, 6.07) is 11.1. The second kappa shape index (κ2) is 5.33. The number of nitrogens with zero attached hydrogens (tertiary/aromatic N) is 1. The van der Waals surface area contributed by atoms with Crippen LogP contribution < -0.4 is 5.32 Å². The number of aryl methyl sites for hydroxylation is 2. The van der Waals surface area contributed by atoms with Crippen LogP contribution in [-0.2, 0) is 0 Å². The summed E-state index contributed by atoms with van der Waals surface area (Å²) in [4.78, 5) is 16.5. The summed E-state index contributed by atoms with van der Waals surface area (Å²) in [7, 11) is 0. The SMILES string of the molecule is Cc1ccc2oc(C(=O)Nc3ccc(Br)c(C)n3)cc2c1. The van der Waals surface area contributed by atoms with Gasteiger partial charge in [0.1, 0.15) is 11.4 Å². The summed E-state index contributed by atoms with van der Waals surface area (Å²) < 4.78 is 6.46. The number of hydrogen-bond acceptors (Lipinski definition) is 3. The molecule has 0 saturated carbocycles. The van der Waals surface area contributed by atoms with Gasteiger partial charge in [-0.3, -0.25) is 4.79 Å². The molecule has 0 fully saturated rings. The van der Waals surface area contributed by atoms with Gasteiger partial charge in [0.25, 0.3) is 5.91 Å². The number of aromatic nitrogens is 1. The van der Waals surface area contributed by atoms with Gasteiger partial charge >= 0.3 is 0 Å². The second-order valence-electron chi connectivity index (χ2n) is 4.87. The average molecular weight is 345 g/mol. The number of furan rings is 1. The third-order valence-electron chi connectivity index (χ3n) is 3.16. The number of carbonyl (C=O) groups excluding carboxylic acids is 1. The van der Waals surface area contributed by atoms with E-state index >= 15 is 0 Å². The summed E-state index contributed by atoms with van der Waals surface area (Å²) in [5.74, 6) is 0.466. The minimum absolute atomic E-state index is 0.276. The van der Waals surface area contributed by atoms with E-state index in [2.05, 4.69) is 26.2 Å². The average Bonchev–Trinajstić information content (AvgIpc) is 2.86. The van der Waals surface area contributed by atoms with Crippen LogP contribution in [0.5, 0.6) is 0 Å². The Morgan fingerprint density at radius 1 is 1.19 bits per heavy atom. The monoisotopic (exact) mass is 344 g/mol. The van der Waals surface area contributed by atoms with E-state index in [-0.39, 0.29) is 11.7 Å². The Morgan fingerprint density at radius 3 is 2.76 bits per heavy atom. The third-order valence-corrected chi connectivity index (χ3v) is 4.00. The van der Waals surface area contributed by atoms with Crippen LogP contribution in [0.3, 0.4) is 0 Å². The highest BCUT2D eigenvalue weighted by Crippen LogP contribution is 2.22. The van der Waals surface area contributed by atoms with E-state index in [1.54, 1.807) is 12.1 Å². The molecule has 0 radical (unpaired) electrons. The fraction of sp³-hybridized carbons (Fsp3) is 0.125. The number of benzene rings is 1. The van der Waals surface area contributed by atoms with Gasteiger partial charge in [0, 0.05) is 9.86 Å². The van der Waals surface area contributed by atoms with Gasteiger partial charge in [0.2, 0.25) is 0 Å². The zero-order valence-electron chi connectivity index (χ0n) is 11.6. The number of nitrogens with one attached hydrogen (secondary N) is 1. The summed E-state index contributed by atoms with van der Waals surface area (Å²) in [6.07, 6.45) is 0. The van der Waals surface area contributed by atoms with Crippen molar-refractivity contribution < 1.29 is 9.21 Å². The number of anilines is 1. The Labute approximate surface area is 130 Å². The van der Waals surface area contributed by atoms with Gasteiger partial charge in [-0.05, 0) is 60.1 Å². The molecule has 3 rings (SSSR count). The molecule has 3 aromatic rings. The Kier molecular flexibility index (Phi) is 3.51. The summed E-state index contributed by atoms with van der Waals surface area (Å²) in [6.45, 7) is 3.87. The van der Waals surface area contributed by atoms with Crippen molar-refractivity contribution in [2.75, 3.05) is 5.32 Å². The van der Waals surface area contributed by atoms with Crippen molar-refractivity contribution in [2.45, 2.75) is 13.8 Å². The van der Waals surface area contributed by atoms with E-state index in [4.69, 9.17) is 4.42 Å². The number of amides is 1. The molecule has 1 aromatic carbocycles. The van der Waals surface area contributed by atoms with Crippen molar-refractivity contribution in [1.29, 1.82) is 0 Å². The smallest absolute Gasteiger partial charge is 0.292 e. The molecule has 1 N–H and O–H groups in total. The highest BCUT2D eigenvalue weighted by molar-refractivity contribution is 9.10. The van der Waals surface area contributed by atoms with Crippen LogP contribution >= 0.6 is 15.9 Å². The summed E-state index contributed by atoms with van der Waals surface area (Å²) >= 11 is 3.38. The van der Waals surface area contributed by atoms with Gasteiger partial charge in [0.05, 0.1) is 5.69 Å². The van der Waals surface area contributed by atoms with Crippen molar-refractivity contribution >= 4 is 38.6 Å². The van der Waals surface area contributed by atoms with Crippen LogP contribution in [0.25, 0.3) is 11.0 Å². The summed E-state index contributed by atoms with van der Waals surface area (Å²) in [5, 5.41) is 3.65. The predicted octanol–water partition coefficient (Wildman–Crippen LogP) is 4.46. The number of rotatable bonds is 2. The van der Waals surface area contributed by atoms with Crippen LogP contribution in [0.15, 0.2) is 45.3 Å². The first-order chi connectivity index (χ1) is 10.0.